The number of aryl methyl sites for hydroxylation is 1. The van der Waals surface area contributed by atoms with Gasteiger partial charge in [-0.15, -0.1) is 10.2 Å². The van der Waals surface area contributed by atoms with Crippen molar-refractivity contribution in [3.63, 3.8) is 0 Å². The number of anilines is 1. The van der Waals surface area contributed by atoms with E-state index in [9.17, 15) is 18.4 Å². The van der Waals surface area contributed by atoms with Gasteiger partial charge in [-0.1, -0.05) is 12.1 Å². The maximum atomic E-state index is 14.1. The van der Waals surface area contributed by atoms with Gasteiger partial charge < -0.3 is 10.2 Å². The molecule has 188 valence electrons. The molecule has 3 aromatic carbocycles. The van der Waals surface area contributed by atoms with Crippen LogP contribution in [0.1, 0.15) is 50.6 Å². The van der Waals surface area contributed by atoms with Crippen LogP contribution in [0.5, 0.6) is 0 Å². The van der Waals surface area contributed by atoms with Gasteiger partial charge in [0.2, 0.25) is 0 Å². The Morgan fingerprint density at radius 1 is 0.892 bits per heavy atom. The number of nitrogens with zero attached hydrogens (tertiary/aromatic N) is 4. The highest BCUT2D eigenvalue weighted by Crippen LogP contribution is 2.30. The second-order valence-corrected chi connectivity index (χ2v) is 9.14. The molecule has 1 saturated heterocycles. The molecule has 2 heterocycles. The molecule has 1 aliphatic rings. The third-order valence-electron chi connectivity index (χ3n) is 6.75. The zero-order valence-corrected chi connectivity index (χ0v) is 20.2. The fraction of sp³-hybridized carbons (Fsp3) is 0.214. The van der Waals surface area contributed by atoms with Crippen molar-refractivity contribution in [1.82, 2.24) is 19.7 Å². The van der Waals surface area contributed by atoms with Crippen LogP contribution in [-0.2, 0) is 0 Å². The molecule has 0 aliphatic carbocycles. The summed E-state index contributed by atoms with van der Waals surface area (Å²) in [6, 6.07) is 16.6. The molecule has 0 spiro atoms. The summed E-state index contributed by atoms with van der Waals surface area (Å²) in [5.74, 6) is -1.80. The number of amides is 2. The lowest BCUT2D eigenvalue weighted by Gasteiger charge is -2.32. The monoisotopic (exact) mass is 501 g/mol. The van der Waals surface area contributed by atoms with Gasteiger partial charge in [0.1, 0.15) is 24.3 Å². The van der Waals surface area contributed by atoms with Gasteiger partial charge in [0, 0.05) is 30.0 Å². The molecule has 0 unspecified atom stereocenters. The van der Waals surface area contributed by atoms with Crippen molar-refractivity contribution in [2.45, 2.75) is 25.7 Å². The highest BCUT2D eigenvalue weighted by molar-refractivity contribution is 6.04. The number of rotatable bonds is 5. The first-order valence-electron chi connectivity index (χ1n) is 12.0. The molecule has 1 aromatic heterocycles. The fourth-order valence-electron chi connectivity index (χ4n) is 4.57. The first kappa shape index (κ1) is 24.3. The van der Waals surface area contributed by atoms with Gasteiger partial charge in [-0.25, -0.2) is 8.78 Å². The van der Waals surface area contributed by atoms with Gasteiger partial charge in [-0.3, -0.25) is 14.2 Å². The molecule has 0 radical (unpaired) electrons. The maximum absolute atomic E-state index is 14.1. The number of carbonyl (C=O) groups excluding carboxylic acids is 2. The standard InChI is InChI=1S/C28H25F2N5O2/c1-18-14-26(30)24(15-25(18)29)27(36)33-22-6-2-19(3-7-22)20-10-12-34(13-11-20)28(37)21-4-8-23(9-5-21)35-16-31-32-17-35/h2-9,14-17,20H,10-13H2,1H3,(H,33,36). The Morgan fingerprint density at radius 3 is 2.19 bits per heavy atom. The van der Waals surface area contributed by atoms with Gasteiger partial charge in [-0.2, -0.15) is 0 Å². The van der Waals surface area contributed by atoms with Crippen LogP contribution in [0, 0.1) is 18.6 Å². The van der Waals surface area contributed by atoms with E-state index in [1.165, 1.54) is 6.92 Å². The summed E-state index contributed by atoms with van der Waals surface area (Å²) in [5.41, 5.74) is 2.94. The average molecular weight is 502 g/mol. The fourth-order valence-corrected chi connectivity index (χ4v) is 4.57. The van der Waals surface area contributed by atoms with Gasteiger partial charge >= 0.3 is 0 Å². The number of hydrogen-bond acceptors (Lipinski definition) is 4. The first-order valence-corrected chi connectivity index (χ1v) is 12.0. The molecular weight excluding hydrogens is 476 g/mol. The second kappa shape index (κ2) is 10.3. The highest BCUT2D eigenvalue weighted by Gasteiger charge is 2.25. The van der Waals surface area contributed by atoms with Gasteiger partial charge in [0.15, 0.2) is 0 Å². The molecular formula is C28H25F2N5O2. The number of halogens is 2. The Bertz CT molecular complexity index is 1410. The summed E-state index contributed by atoms with van der Waals surface area (Å²) in [4.78, 5) is 27.3. The van der Waals surface area contributed by atoms with Gasteiger partial charge in [-0.05, 0) is 85.3 Å². The number of benzene rings is 3. The normalized spacial score (nSPS) is 14.0. The minimum absolute atomic E-state index is 0.00610. The molecule has 0 atom stereocenters. The first-order chi connectivity index (χ1) is 17.9. The number of carbonyl (C=O) groups is 2. The minimum Gasteiger partial charge on any atom is -0.339 e. The van der Waals surface area contributed by atoms with Crippen molar-refractivity contribution in [1.29, 1.82) is 0 Å². The Hall–Kier alpha value is -4.40. The maximum Gasteiger partial charge on any atom is 0.258 e. The predicted octanol–water partition coefficient (Wildman–Crippen LogP) is 5.13. The molecule has 1 aliphatic heterocycles. The van der Waals surface area contributed by atoms with Crippen molar-refractivity contribution in [3.05, 3.63) is 107 Å². The Balaban J connectivity index is 1.17. The molecule has 1 fully saturated rings. The van der Waals surface area contributed by atoms with Crippen LogP contribution in [0.2, 0.25) is 0 Å². The smallest absolute Gasteiger partial charge is 0.258 e. The average Bonchev–Trinajstić information content (AvgIpc) is 3.46. The topological polar surface area (TPSA) is 80.1 Å². The van der Waals surface area contributed by atoms with E-state index < -0.39 is 17.5 Å². The van der Waals surface area contributed by atoms with Crippen LogP contribution in [0.25, 0.3) is 5.69 Å². The molecule has 0 bridgehead atoms. The van der Waals surface area contributed by atoms with Crippen LogP contribution in [0.4, 0.5) is 14.5 Å². The van der Waals surface area contributed by atoms with Crippen molar-refractivity contribution < 1.29 is 18.4 Å². The number of likely N-dealkylation sites (tertiary alicyclic amines) is 1. The summed E-state index contributed by atoms with van der Waals surface area (Å²) in [6.07, 6.45) is 4.86. The summed E-state index contributed by atoms with van der Waals surface area (Å²) in [7, 11) is 0. The largest absolute Gasteiger partial charge is 0.339 e. The van der Waals surface area contributed by atoms with E-state index in [0.717, 1.165) is 36.2 Å². The van der Waals surface area contributed by atoms with Crippen LogP contribution in [0.15, 0.2) is 73.3 Å². The lowest BCUT2D eigenvalue weighted by molar-refractivity contribution is 0.0713. The van der Waals surface area contributed by atoms with E-state index in [0.29, 0.717) is 24.3 Å². The third kappa shape index (κ3) is 5.25. The number of hydrogen-bond donors (Lipinski definition) is 1. The molecule has 37 heavy (non-hydrogen) atoms. The molecule has 4 aromatic rings. The zero-order chi connectivity index (χ0) is 25.9. The van der Waals surface area contributed by atoms with Crippen molar-refractivity contribution in [2.24, 2.45) is 0 Å². The number of aromatic nitrogens is 3. The Kier molecular flexibility index (Phi) is 6.76. The molecule has 1 N–H and O–H groups in total. The molecule has 9 heteroatoms. The summed E-state index contributed by atoms with van der Waals surface area (Å²) in [6.45, 7) is 2.73. The Morgan fingerprint density at radius 2 is 1.54 bits per heavy atom. The second-order valence-electron chi connectivity index (χ2n) is 9.14. The highest BCUT2D eigenvalue weighted by atomic mass is 19.1. The van der Waals surface area contributed by atoms with Crippen LogP contribution >= 0.6 is 0 Å². The van der Waals surface area contributed by atoms with E-state index in [2.05, 4.69) is 15.5 Å². The van der Waals surface area contributed by atoms with Crippen LogP contribution < -0.4 is 5.32 Å². The SMILES string of the molecule is Cc1cc(F)c(C(=O)Nc2ccc(C3CCN(C(=O)c4ccc(-n5cnnc5)cc4)CC3)cc2)cc1F. The van der Waals surface area contributed by atoms with Crippen molar-refractivity contribution in [3.8, 4) is 5.69 Å². The van der Waals surface area contributed by atoms with Crippen molar-refractivity contribution in [2.75, 3.05) is 18.4 Å². The molecule has 2 amide bonds. The quantitative estimate of drug-likeness (QED) is 0.411. The van der Waals surface area contributed by atoms with Gasteiger partial charge in [0.25, 0.3) is 11.8 Å². The van der Waals surface area contributed by atoms with Gasteiger partial charge in [0.05, 0.1) is 5.56 Å². The lowest BCUT2D eigenvalue weighted by Crippen LogP contribution is -2.37. The van der Waals surface area contributed by atoms with E-state index in [1.54, 1.807) is 29.4 Å². The van der Waals surface area contributed by atoms with Crippen LogP contribution in [-0.4, -0.2) is 44.6 Å². The van der Waals surface area contributed by atoms with E-state index in [1.807, 2.05) is 41.3 Å². The zero-order valence-electron chi connectivity index (χ0n) is 20.2. The minimum atomic E-state index is -0.763. The summed E-state index contributed by atoms with van der Waals surface area (Å²) in [5, 5.41) is 10.2. The van der Waals surface area contributed by atoms with E-state index in [-0.39, 0.29) is 23.0 Å². The number of nitrogens with one attached hydrogen (secondary N) is 1. The Labute approximate surface area is 212 Å². The van der Waals surface area contributed by atoms with E-state index >= 15 is 0 Å². The lowest BCUT2D eigenvalue weighted by atomic mass is 9.89. The predicted molar refractivity (Wildman–Crippen MR) is 135 cm³/mol. The molecule has 7 nitrogen and oxygen atoms in total. The van der Waals surface area contributed by atoms with E-state index in [4.69, 9.17) is 0 Å². The van der Waals surface area contributed by atoms with Crippen molar-refractivity contribution >= 4 is 17.5 Å². The molecule has 0 saturated carbocycles. The summed E-state index contributed by atoms with van der Waals surface area (Å²) < 4.78 is 29.7. The van der Waals surface area contributed by atoms with Crippen LogP contribution in [0.3, 0.4) is 0 Å². The summed E-state index contributed by atoms with van der Waals surface area (Å²) >= 11 is 0. The third-order valence-corrected chi connectivity index (χ3v) is 6.75. The molecule has 5 rings (SSSR count). The number of piperidine rings is 1.